The Morgan fingerprint density at radius 3 is 2.41 bits per heavy atom. The number of carbonyl (C=O) groups excluding carboxylic acids is 2. The predicted octanol–water partition coefficient (Wildman–Crippen LogP) is 5.30. The number of carbonyl (C=O) groups is 2. The SMILES string of the molecule is CCOC(=O)C1C(C)=NC(C)=C(C(=O)c2ccc(C)cc2)C1c1cccc2c(=O)cc(C)oc12. The van der Waals surface area contributed by atoms with Gasteiger partial charge in [0.1, 0.15) is 17.3 Å². The number of aryl methyl sites for hydroxylation is 2. The van der Waals surface area contributed by atoms with E-state index in [9.17, 15) is 14.4 Å². The highest BCUT2D eigenvalue weighted by atomic mass is 16.5. The van der Waals surface area contributed by atoms with Crippen molar-refractivity contribution in [2.45, 2.75) is 40.5 Å². The second-order valence-corrected chi connectivity index (χ2v) is 8.60. The van der Waals surface area contributed by atoms with Gasteiger partial charge in [-0.05, 0) is 40.7 Å². The average Bonchev–Trinajstić information content (AvgIpc) is 2.78. The van der Waals surface area contributed by atoms with Crippen molar-refractivity contribution in [3.63, 3.8) is 0 Å². The van der Waals surface area contributed by atoms with Crippen molar-refractivity contribution in [1.82, 2.24) is 0 Å². The number of aliphatic imine (C=N–C) groups is 1. The highest BCUT2D eigenvalue weighted by Gasteiger charge is 2.43. The highest BCUT2D eigenvalue weighted by molar-refractivity contribution is 6.14. The Bertz CT molecular complexity index is 1410. The molecular weight excluding hydrogens is 430 g/mol. The predicted molar refractivity (Wildman–Crippen MR) is 131 cm³/mol. The average molecular weight is 458 g/mol. The summed E-state index contributed by atoms with van der Waals surface area (Å²) in [5.41, 5.74) is 3.77. The van der Waals surface area contributed by atoms with Gasteiger partial charge < -0.3 is 9.15 Å². The lowest BCUT2D eigenvalue weighted by Gasteiger charge is -2.32. The van der Waals surface area contributed by atoms with Gasteiger partial charge in [0.15, 0.2) is 11.2 Å². The molecule has 174 valence electrons. The zero-order valence-corrected chi connectivity index (χ0v) is 20.0. The summed E-state index contributed by atoms with van der Waals surface area (Å²) >= 11 is 0. The first-order valence-corrected chi connectivity index (χ1v) is 11.3. The van der Waals surface area contributed by atoms with Crippen LogP contribution in [0.2, 0.25) is 0 Å². The molecule has 1 aliphatic rings. The lowest BCUT2D eigenvalue weighted by molar-refractivity contribution is -0.146. The Morgan fingerprint density at radius 1 is 1.03 bits per heavy atom. The molecule has 1 aromatic heterocycles. The van der Waals surface area contributed by atoms with Crippen LogP contribution in [0.15, 0.2) is 74.0 Å². The lowest BCUT2D eigenvalue weighted by Crippen LogP contribution is -2.36. The van der Waals surface area contributed by atoms with E-state index in [1.807, 2.05) is 19.1 Å². The summed E-state index contributed by atoms with van der Waals surface area (Å²) < 4.78 is 11.4. The minimum absolute atomic E-state index is 0.179. The molecule has 0 N–H and O–H groups in total. The summed E-state index contributed by atoms with van der Waals surface area (Å²) in [6, 6.07) is 14.0. The number of para-hydroxylation sites is 1. The molecule has 1 aliphatic heterocycles. The molecule has 0 radical (unpaired) electrons. The van der Waals surface area contributed by atoms with Crippen LogP contribution in [0.5, 0.6) is 0 Å². The quantitative estimate of drug-likeness (QED) is 0.383. The van der Waals surface area contributed by atoms with Gasteiger partial charge in [-0.15, -0.1) is 0 Å². The Labute approximate surface area is 198 Å². The standard InChI is InChI=1S/C28H27NO5/c1-6-33-28(32)24-18(5)29-17(4)23(26(31)19-12-10-15(2)11-13-19)25(24)21-9-7-8-20-22(30)14-16(3)34-27(20)21/h7-14,24-25H,6H2,1-5H3. The molecular formula is C28H27NO5. The number of benzene rings is 2. The minimum atomic E-state index is -0.829. The van der Waals surface area contributed by atoms with E-state index in [0.29, 0.717) is 44.8 Å². The molecule has 4 rings (SSSR count). The van der Waals surface area contributed by atoms with Crippen LogP contribution in [0.25, 0.3) is 11.0 Å². The molecule has 0 bridgehead atoms. The van der Waals surface area contributed by atoms with Gasteiger partial charge >= 0.3 is 5.97 Å². The van der Waals surface area contributed by atoms with Crippen molar-refractivity contribution >= 4 is 28.4 Å². The third-order valence-corrected chi connectivity index (χ3v) is 6.17. The fourth-order valence-electron chi connectivity index (χ4n) is 4.63. The number of ether oxygens (including phenoxy) is 1. The van der Waals surface area contributed by atoms with Crippen LogP contribution in [-0.4, -0.2) is 24.1 Å². The summed E-state index contributed by atoms with van der Waals surface area (Å²) in [5, 5.41) is 0.394. The topological polar surface area (TPSA) is 85.9 Å². The van der Waals surface area contributed by atoms with E-state index < -0.39 is 17.8 Å². The first-order chi connectivity index (χ1) is 16.2. The second kappa shape index (κ2) is 9.21. The Hall–Kier alpha value is -3.80. The molecule has 3 aromatic rings. The lowest BCUT2D eigenvalue weighted by atomic mass is 9.73. The number of Topliss-reactive ketones (excluding diaryl/α,β-unsaturated/α-hetero) is 1. The number of esters is 1. The zero-order chi connectivity index (χ0) is 24.6. The minimum Gasteiger partial charge on any atom is -0.465 e. The van der Waals surface area contributed by atoms with Crippen molar-refractivity contribution in [2.24, 2.45) is 10.9 Å². The molecule has 0 saturated carbocycles. The second-order valence-electron chi connectivity index (χ2n) is 8.60. The number of hydrogen-bond acceptors (Lipinski definition) is 6. The molecule has 2 unspecified atom stereocenters. The number of allylic oxidation sites excluding steroid dienone is 2. The third kappa shape index (κ3) is 4.12. The van der Waals surface area contributed by atoms with Gasteiger partial charge in [-0.2, -0.15) is 0 Å². The summed E-state index contributed by atoms with van der Waals surface area (Å²) in [7, 11) is 0. The monoisotopic (exact) mass is 457 g/mol. The normalized spacial score (nSPS) is 18.1. The molecule has 6 heteroatoms. The molecule has 0 spiro atoms. The van der Waals surface area contributed by atoms with Crippen molar-refractivity contribution in [1.29, 1.82) is 0 Å². The van der Waals surface area contributed by atoms with Crippen molar-refractivity contribution in [3.05, 3.63) is 92.5 Å². The van der Waals surface area contributed by atoms with E-state index in [4.69, 9.17) is 9.15 Å². The van der Waals surface area contributed by atoms with Crippen molar-refractivity contribution in [3.8, 4) is 0 Å². The Kier molecular flexibility index (Phi) is 6.33. The van der Waals surface area contributed by atoms with E-state index in [2.05, 4.69) is 4.99 Å². The molecule has 0 aliphatic carbocycles. The molecule has 2 atom stereocenters. The van der Waals surface area contributed by atoms with Gasteiger partial charge in [0.05, 0.1) is 12.0 Å². The number of nitrogens with zero attached hydrogens (tertiary/aromatic N) is 1. The molecule has 34 heavy (non-hydrogen) atoms. The van der Waals surface area contributed by atoms with E-state index in [1.165, 1.54) is 6.07 Å². The highest BCUT2D eigenvalue weighted by Crippen LogP contribution is 2.43. The molecule has 2 heterocycles. The maximum absolute atomic E-state index is 13.8. The maximum atomic E-state index is 13.8. The smallest absolute Gasteiger partial charge is 0.315 e. The van der Waals surface area contributed by atoms with Gasteiger partial charge in [0.25, 0.3) is 0 Å². The fraction of sp³-hybridized carbons (Fsp3) is 0.286. The van der Waals surface area contributed by atoms with Crippen LogP contribution in [0.3, 0.4) is 0 Å². The van der Waals surface area contributed by atoms with Gasteiger partial charge in [-0.25, -0.2) is 0 Å². The molecule has 0 amide bonds. The Morgan fingerprint density at radius 2 is 1.74 bits per heavy atom. The Balaban J connectivity index is 2.01. The number of rotatable bonds is 5. The summed E-state index contributed by atoms with van der Waals surface area (Å²) in [6.45, 7) is 9.12. The summed E-state index contributed by atoms with van der Waals surface area (Å²) in [4.78, 5) is 44.3. The van der Waals surface area contributed by atoms with Crippen LogP contribution < -0.4 is 5.43 Å². The largest absolute Gasteiger partial charge is 0.465 e. The van der Waals surface area contributed by atoms with Gasteiger partial charge in [0.2, 0.25) is 0 Å². The van der Waals surface area contributed by atoms with E-state index in [-0.39, 0.29) is 17.8 Å². The molecule has 2 aromatic carbocycles. The van der Waals surface area contributed by atoms with Crippen LogP contribution >= 0.6 is 0 Å². The van der Waals surface area contributed by atoms with Gasteiger partial charge in [0, 0.05) is 40.1 Å². The van der Waals surface area contributed by atoms with Crippen LogP contribution in [0.4, 0.5) is 0 Å². The third-order valence-electron chi connectivity index (χ3n) is 6.17. The van der Waals surface area contributed by atoms with Crippen LogP contribution in [-0.2, 0) is 9.53 Å². The van der Waals surface area contributed by atoms with Crippen LogP contribution in [0, 0.1) is 19.8 Å². The van der Waals surface area contributed by atoms with Gasteiger partial charge in [-0.1, -0.05) is 42.0 Å². The zero-order valence-electron chi connectivity index (χ0n) is 20.0. The van der Waals surface area contributed by atoms with Gasteiger partial charge in [-0.3, -0.25) is 19.4 Å². The fourth-order valence-corrected chi connectivity index (χ4v) is 4.63. The van der Waals surface area contributed by atoms with Crippen molar-refractivity contribution < 1.29 is 18.7 Å². The maximum Gasteiger partial charge on any atom is 0.315 e. The van der Waals surface area contributed by atoms with E-state index >= 15 is 0 Å². The van der Waals surface area contributed by atoms with E-state index in [1.54, 1.807) is 58.0 Å². The first-order valence-electron chi connectivity index (χ1n) is 11.3. The number of fused-ring (bicyclic) bond motifs is 1. The van der Waals surface area contributed by atoms with Crippen LogP contribution in [0.1, 0.15) is 53.9 Å². The summed E-state index contributed by atoms with van der Waals surface area (Å²) in [6.07, 6.45) is 0. The molecule has 0 fully saturated rings. The summed E-state index contributed by atoms with van der Waals surface area (Å²) in [5.74, 6) is -1.79. The van der Waals surface area contributed by atoms with Crippen molar-refractivity contribution in [2.75, 3.05) is 6.61 Å². The molecule has 0 saturated heterocycles. The number of ketones is 1. The van der Waals surface area contributed by atoms with E-state index in [0.717, 1.165) is 5.56 Å². The molecule has 6 nitrogen and oxygen atoms in total. The first kappa shape index (κ1) is 23.4. The number of hydrogen-bond donors (Lipinski definition) is 0.